The molecule has 0 amide bonds. The minimum Gasteiger partial charge on any atom is -0.339 e. The minimum atomic E-state index is 0.424. The van der Waals surface area contributed by atoms with Gasteiger partial charge in [0, 0.05) is 12.5 Å². The summed E-state index contributed by atoms with van der Waals surface area (Å²) in [4.78, 5) is 4.39. The van der Waals surface area contributed by atoms with Gasteiger partial charge in [-0.05, 0) is 19.9 Å². The van der Waals surface area contributed by atoms with E-state index in [1.54, 1.807) is 0 Å². The molecule has 2 unspecified atom stereocenters. The number of hydrogen-bond donors (Lipinski definition) is 1. The van der Waals surface area contributed by atoms with Crippen molar-refractivity contribution in [3.8, 4) is 0 Å². The molecule has 0 aliphatic heterocycles. The summed E-state index contributed by atoms with van der Waals surface area (Å²) in [5.41, 5.74) is 0. The van der Waals surface area contributed by atoms with Crippen molar-refractivity contribution in [2.75, 3.05) is 7.05 Å². The number of nitrogens with one attached hydrogen (secondary N) is 1. The summed E-state index contributed by atoms with van der Waals surface area (Å²) in [5.74, 6) is 2.06. The maximum atomic E-state index is 5.27. The first-order chi connectivity index (χ1) is 6.85. The molecule has 0 aromatic carbocycles. The third kappa shape index (κ3) is 1.66. The second kappa shape index (κ2) is 4.09. The molecule has 0 spiro atoms. The van der Waals surface area contributed by atoms with E-state index in [9.17, 15) is 0 Å². The largest absolute Gasteiger partial charge is 0.339 e. The van der Waals surface area contributed by atoms with E-state index in [1.807, 2.05) is 14.0 Å². The zero-order chi connectivity index (χ0) is 9.97. The van der Waals surface area contributed by atoms with E-state index in [0.717, 1.165) is 24.6 Å². The van der Waals surface area contributed by atoms with Gasteiger partial charge < -0.3 is 9.84 Å². The first-order valence-electron chi connectivity index (χ1n) is 5.35. The van der Waals surface area contributed by atoms with Crippen LogP contribution >= 0.6 is 0 Å². The zero-order valence-electron chi connectivity index (χ0n) is 8.79. The summed E-state index contributed by atoms with van der Waals surface area (Å²) in [6.45, 7) is 2.04. The first kappa shape index (κ1) is 9.65. The van der Waals surface area contributed by atoms with Crippen LogP contribution in [-0.2, 0) is 6.42 Å². The Kier molecular flexibility index (Phi) is 2.82. The summed E-state index contributed by atoms with van der Waals surface area (Å²) in [6.07, 6.45) is 4.47. The molecule has 14 heavy (non-hydrogen) atoms. The lowest BCUT2D eigenvalue weighted by atomic mass is 10.0. The van der Waals surface area contributed by atoms with Gasteiger partial charge in [0.15, 0.2) is 5.82 Å². The molecule has 4 heteroatoms. The first-order valence-corrected chi connectivity index (χ1v) is 5.35. The highest BCUT2D eigenvalue weighted by Crippen LogP contribution is 2.33. The normalized spacial score (nSPS) is 27.0. The van der Waals surface area contributed by atoms with Crippen molar-refractivity contribution in [2.24, 2.45) is 0 Å². The summed E-state index contributed by atoms with van der Waals surface area (Å²) < 4.78 is 5.27. The highest BCUT2D eigenvalue weighted by atomic mass is 16.5. The fourth-order valence-corrected chi connectivity index (χ4v) is 2.16. The third-order valence-corrected chi connectivity index (χ3v) is 3.00. The van der Waals surface area contributed by atoms with Gasteiger partial charge in [-0.3, -0.25) is 0 Å². The third-order valence-electron chi connectivity index (χ3n) is 3.00. The van der Waals surface area contributed by atoms with Crippen molar-refractivity contribution >= 4 is 0 Å². The van der Waals surface area contributed by atoms with Crippen molar-refractivity contribution in [3.05, 3.63) is 11.7 Å². The maximum absolute atomic E-state index is 5.27. The Hall–Kier alpha value is -0.900. The van der Waals surface area contributed by atoms with Crippen LogP contribution in [0.3, 0.4) is 0 Å². The number of hydrogen-bond acceptors (Lipinski definition) is 4. The minimum absolute atomic E-state index is 0.424. The lowest BCUT2D eigenvalue weighted by molar-refractivity contribution is 0.332. The second-order valence-corrected chi connectivity index (χ2v) is 3.83. The van der Waals surface area contributed by atoms with Crippen molar-refractivity contribution in [2.45, 2.75) is 44.6 Å². The molecule has 1 saturated carbocycles. The van der Waals surface area contributed by atoms with Crippen LogP contribution in [0.1, 0.15) is 43.8 Å². The molecule has 1 aromatic heterocycles. The van der Waals surface area contributed by atoms with Gasteiger partial charge in [0.25, 0.3) is 0 Å². The van der Waals surface area contributed by atoms with Crippen molar-refractivity contribution in [1.82, 2.24) is 15.5 Å². The summed E-state index contributed by atoms with van der Waals surface area (Å²) in [5, 5.41) is 7.25. The molecule has 0 saturated heterocycles. The van der Waals surface area contributed by atoms with Gasteiger partial charge in [-0.2, -0.15) is 4.98 Å². The van der Waals surface area contributed by atoms with Crippen LogP contribution in [-0.4, -0.2) is 23.2 Å². The molecule has 1 fully saturated rings. The number of nitrogens with zero attached hydrogens (tertiary/aromatic N) is 2. The van der Waals surface area contributed by atoms with Gasteiger partial charge in [-0.15, -0.1) is 0 Å². The molecule has 1 heterocycles. The Morgan fingerprint density at radius 2 is 2.36 bits per heavy atom. The molecule has 1 N–H and O–H groups in total. The van der Waals surface area contributed by atoms with Crippen LogP contribution < -0.4 is 5.32 Å². The smallest absolute Gasteiger partial charge is 0.231 e. The van der Waals surface area contributed by atoms with Gasteiger partial charge in [-0.1, -0.05) is 18.5 Å². The Bertz CT molecular complexity index is 297. The fraction of sp³-hybridized carbons (Fsp3) is 0.800. The number of aryl methyl sites for hydroxylation is 1. The lowest BCUT2D eigenvalue weighted by Crippen LogP contribution is -2.27. The predicted molar refractivity (Wildman–Crippen MR) is 53.1 cm³/mol. The fourth-order valence-electron chi connectivity index (χ4n) is 2.16. The highest BCUT2D eigenvalue weighted by molar-refractivity contribution is 5.02. The SMILES string of the molecule is CCc1noc(C2CCCC2NC)n1. The predicted octanol–water partition coefficient (Wildman–Crippen LogP) is 1.49. The number of aromatic nitrogens is 2. The van der Waals surface area contributed by atoms with Crippen LogP contribution in [0, 0.1) is 0 Å². The van der Waals surface area contributed by atoms with E-state index in [4.69, 9.17) is 4.52 Å². The number of likely N-dealkylation sites (N-methyl/N-ethyl adjacent to an activating group) is 1. The molecule has 2 rings (SSSR count). The quantitative estimate of drug-likeness (QED) is 0.793. The van der Waals surface area contributed by atoms with Gasteiger partial charge in [0.05, 0.1) is 5.92 Å². The summed E-state index contributed by atoms with van der Waals surface area (Å²) in [7, 11) is 2.00. The Morgan fingerprint density at radius 1 is 1.50 bits per heavy atom. The van der Waals surface area contributed by atoms with E-state index in [1.165, 1.54) is 12.8 Å². The summed E-state index contributed by atoms with van der Waals surface area (Å²) >= 11 is 0. The molecular formula is C10H17N3O. The molecule has 1 aliphatic carbocycles. The topological polar surface area (TPSA) is 51.0 Å². The number of rotatable bonds is 3. The van der Waals surface area contributed by atoms with Crippen LogP contribution in [0.25, 0.3) is 0 Å². The maximum Gasteiger partial charge on any atom is 0.231 e. The van der Waals surface area contributed by atoms with E-state index in [2.05, 4.69) is 15.5 Å². The Morgan fingerprint density at radius 3 is 3.00 bits per heavy atom. The van der Waals surface area contributed by atoms with Gasteiger partial charge in [0.2, 0.25) is 5.89 Å². The average Bonchev–Trinajstić information content (AvgIpc) is 2.85. The molecule has 1 aromatic rings. The van der Waals surface area contributed by atoms with Crippen LogP contribution in [0.15, 0.2) is 4.52 Å². The second-order valence-electron chi connectivity index (χ2n) is 3.83. The van der Waals surface area contributed by atoms with Crippen molar-refractivity contribution < 1.29 is 4.52 Å². The van der Waals surface area contributed by atoms with E-state index in [0.29, 0.717) is 12.0 Å². The molecule has 2 atom stereocenters. The van der Waals surface area contributed by atoms with E-state index in [-0.39, 0.29) is 0 Å². The van der Waals surface area contributed by atoms with Crippen molar-refractivity contribution in [1.29, 1.82) is 0 Å². The van der Waals surface area contributed by atoms with Crippen LogP contribution in [0.5, 0.6) is 0 Å². The van der Waals surface area contributed by atoms with Crippen LogP contribution in [0.4, 0.5) is 0 Å². The summed E-state index contributed by atoms with van der Waals surface area (Å²) in [6, 6.07) is 0.514. The standard InChI is InChI=1S/C10H17N3O/c1-3-9-12-10(14-13-9)7-5-4-6-8(7)11-2/h7-8,11H,3-6H2,1-2H3. The molecule has 0 radical (unpaired) electrons. The Balaban J connectivity index is 2.13. The van der Waals surface area contributed by atoms with E-state index < -0.39 is 0 Å². The molecule has 4 nitrogen and oxygen atoms in total. The van der Waals surface area contributed by atoms with Gasteiger partial charge >= 0.3 is 0 Å². The van der Waals surface area contributed by atoms with Crippen molar-refractivity contribution in [3.63, 3.8) is 0 Å². The highest BCUT2D eigenvalue weighted by Gasteiger charge is 2.31. The van der Waals surface area contributed by atoms with Crippen LogP contribution in [0.2, 0.25) is 0 Å². The molecule has 78 valence electrons. The zero-order valence-corrected chi connectivity index (χ0v) is 8.79. The molecule has 0 bridgehead atoms. The van der Waals surface area contributed by atoms with Gasteiger partial charge in [0.1, 0.15) is 0 Å². The van der Waals surface area contributed by atoms with E-state index >= 15 is 0 Å². The average molecular weight is 195 g/mol. The monoisotopic (exact) mass is 195 g/mol. The Labute approximate surface area is 84.1 Å². The molecular weight excluding hydrogens is 178 g/mol. The lowest BCUT2D eigenvalue weighted by Gasteiger charge is -2.14. The van der Waals surface area contributed by atoms with Gasteiger partial charge in [-0.25, -0.2) is 0 Å². The molecule has 1 aliphatic rings.